The van der Waals surface area contributed by atoms with Crippen LogP contribution in [0.4, 0.5) is 0 Å². The van der Waals surface area contributed by atoms with E-state index in [0.717, 1.165) is 37.4 Å². The Bertz CT molecular complexity index is 520. The first-order valence-electron chi connectivity index (χ1n) is 6.71. The van der Waals surface area contributed by atoms with Crippen molar-refractivity contribution in [3.8, 4) is 0 Å². The van der Waals surface area contributed by atoms with E-state index in [1.165, 1.54) is 0 Å². The number of likely N-dealkylation sites (tertiary alicyclic amines) is 1. The zero-order chi connectivity index (χ0) is 13.2. The molecule has 6 heteroatoms. The molecule has 6 nitrogen and oxygen atoms in total. The SMILES string of the molecule is CC(C)c1nc([C@@H]2CCCN2Cc2ccon2)no1. The van der Waals surface area contributed by atoms with Gasteiger partial charge in [0, 0.05) is 18.5 Å². The molecule has 0 aromatic carbocycles. The third-order valence-electron chi connectivity index (χ3n) is 3.47. The van der Waals surface area contributed by atoms with Crippen molar-refractivity contribution in [2.45, 2.75) is 45.2 Å². The van der Waals surface area contributed by atoms with Crippen LogP contribution in [0.15, 0.2) is 21.4 Å². The summed E-state index contributed by atoms with van der Waals surface area (Å²) in [6.07, 6.45) is 3.81. The molecule has 1 saturated heterocycles. The zero-order valence-electron chi connectivity index (χ0n) is 11.2. The summed E-state index contributed by atoms with van der Waals surface area (Å²) >= 11 is 0. The highest BCUT2D eigenvalue weighted by Crippen LogP contribution is 2.31. The maximum absolute atomic E-state index is 5.30. The van der Waals surface area contributed by atoms with Crippen LogP contribution in [0.5, 0.6) is 0 Å². The Morgan fingerprint density at radius 3 is 3.00 bits per heavy atom. The molecule has 1 aliphatic rings. The highest BCUT2D eigenvalue weighted by atomic mass is 16.5. The smallest absolute Gasteiger partial charge is 0.229 e. The molecule has 0 spiro atoms. The second-order valence-electron chi connectivity index (χ2n) is 5.26. The first kappa shape index (κ1) is 12.3. The van der Waals surface area contributed by atoms with Crippen LogP contribution in [-0.2, 0) is 6.54 Å². The number of hydrogen-bond acceptors (Lipinski definition) is 6. The lowest BCUT2D eigenvalue weighted by Gasteiger charge is -2.20. The van der Waals surface area contributed by atoms with Gasteiger partial charge in [0.15, 0.2) is 5.82 Å². The van der Waals surface area contributed by atoms with E-state index in [2.05, 4.69) is 34.0 Å². The van der Waals surface area contributed by atoms with Gasteiger partial charge in [-0.1, -0.05) is 24.2 Å². The first-order chi connectivity index (χ1) is 9.24. The van der Waals surface area contributed by atoms with Crippen LogP contribution in [-0.4, -0.2) is 26.7 Å². The predicted molar refractivity (Wildman–Crippen MR) is 67.3 cm³/mol. The minimum atomic E-state index is 0.230. The molecule has 1 atom stereocenters. The summed E-state index contributed by atoms with van der Waals surface area (Å²) in [6, 6.07) is 2.12. The predicted octanol–water partition coefficient (Wildman–Crippen LogP) is 2.52. The van der Waals surface area contributed by atoms with Crippen LogP contribution in [0.2, 0.25) is 0 Å². The number of aromatic nitrogens is 3. The quantitative estimate of drug-likeness (QED) is 0.843. The highest BCUT2D eigenvalue weighted by Gasteiger charge is 2.30. The van der Waals surface area contributed by atoms with Crippen molar-refractivity contribution in [3.63, 3.8) is 0 Å². The Morgan fingerprint density at radius 2 is 2.32 bits per heavy atom. The number of nitrogens with zero attached hydrogens (tertiary/aromatic N) is 4. The Balaban J connectivity index is 1.74. The van der Waals surface area contributed by atoms with Gasteiger partial charge in [-0.2, -0.15) is 4.98 Å². The van der Waals surface area contributed by atoms with Gasteiger partial charge in [0.25, 0.3) is 0 Å². The van der Waals surface area contributed by atoms with Crippen molar-refractivity contribution in [2.24, 2.45) is 0 Å². The number of rotatable bonds is 4. The topological polar surface area (TPSA) is 68.2 Å². The maximum atomic E-state index is 5.30. The molecule has 0 saturated carbocycles. The fourth-order valence-corrected chi connectivity index (χ4v) is 2.45. The second-order valence-corrected chi connectivity index (χ2v) is 5.26. The summed E-state index contributed by atoms with van der Waals surface area (Å²) < 4.78 is 10.2. The summed E-state index contributed by atoms with van der Waals surface area (Å²) in [5.41, 5.74) is 0.944. The van der Waals surface area contributed by atoms with Crippen molar-refractivity contribution in [1.82, 2.24) is 20.2 Å². The Hall–Kier alpha value is -1.69. The third-order valence-corrected chi connectivity index (χ3v) is 3.47. The fourth-order valence-electron chi connectivity index (χ4n) is 2.45. The van der Waals surface area contributed by atoms with Crippen LogP contribution >= 0.6 is 0 Å². The van der Waals surface area contributed by atoms with Crippen molar-refractivity contribution < 1.29 is 9.05 Å². The van der Waals surface area contributed by atoms with Gasteiger partial charge < -0.3 is 9.05 Å². The molecule has 0 unspecified atom stereocenters. The van der Waals surface area contributed by atoms with E-state index in [1.54, 1.807) is 6.26 Å². The van der Waals surface area contributed by atoms with Crippen LogP contribution in [0.1, 0.15) is 56.1 Å². The summed E-state index contributed by atoms with van der Waals surface area (Å²) in [7, 11) is 0. The molecule has 0 bridgehead atoms. The maximum Gasteiger partial charge on any atom is 0.229 e. The molecule has 102 valence electrons. The van der Waals surface area contributed by atoms with Crippen molar-refractivity contribution in [2.75, 3.05) is 6.54 Å². The Kier molecular flexibility index (Phi) is 3.33. The van der Waals surface area contributed by atoms with Crippen LogP contribution in [0.3, 0.4) is 0 Å². The third kappa shape index (κ3) is 2.53. The molecule has 1 fully saturated rings. The molecule has 0 amide bonds. The van der Waals surface area contributed by atoms with Gasteiger partial charge in [-0.05, 0) is 19.4 Å². The van der Waals surface area contributed by atoms with Gasteiger partial charge in [-0.3, -0.25) is 4.90 Å². The molecule has 19 heavy (non-hydrogen) atoms. The zero-order valence-corrected chi connectivity index (χ0v) is 11.2. The average molecular weight is 262 g/mol. The van der Waals surface area contributed by atoms with E-state index < -0.39 is 0 Å². The molecule has 0 N–H and O–H groups in total. The molecular formula is C13H18N4O2. The van der Waals surface area contributed by atoms with Crippen LogP contribution < -0.4 is 0 Å². The second kappa shape index (κ2) is 5.13. The van der Waals surface area contributed by atoms with Gasteiger partial charge in [-0.15, -0.1) is 0 Å². The monoisotopic (exact) mass is 262 g/mol. The molecular weight excluding hydrogens is 244 g/mol. The summed E-state index contributed by atoms with van der Waals surface area (Å²) in [5.74, 6) is 1.78. The summed E-state index contributed by atoms with van der Waals surface area (Å²) in [5, 5.41) is 8.09. The van der Waals surface area contributed by atoms with E-state index in [1.807, 2.05) is 6.07 Å². The Morgan fingerprint density at radius 1 is 1.42 bits per heavy atom. The summed E-state index contributed by atoms with van der Waals surface area (Å²) in [6.45, 7) is 5.91. The van der Waals surface area contributed by atoms with Crippen molar-refractivity contribution >= 4 is 0 Å². The molecule has 1 aliphatic heterocycles. The molecule has 0 radical (unpaired) electrons. The first-order valence-corrected chi connectivity index (χ1v) is 6.71. The van der Waals surface area contributed by atoms with E-state index >= 15 is 0 Å². The molecule has 2 aromatic heterocycles. The minimum absolute atomic E-state index is 0.230. The fraction of sp³-hybridized carbons (Fsp3) is 0.615. The largest absolute Gasteiger partial charge is 0.364 e. The van der Waals surface area contributed by atoms with E-state index in [4.69, 9.17) is 9.05 Å². The molecule has 2 aromatic rings. The molecule has 3 heterocycles. The van der Waals surface area contributed by atoms with E-state index in [0.29, 0.717) is 5.89 Å². The van der Waals surface area contributed by atoms with Gasteiger partial charge in [-0.25, -0.2) is 0 Å². The van der Waals surface area contributed by atoms with Crippen LogP contribution in [0, 0.1) is 0 Å². The lowest BCUT2D eigenvalue weighted by Crippen LogP contribution is -2.23. The standard InChI is InChI=1S/C13H18N4O2/c1-9(2)13-14-12(16-19-13)11-4-3-6-17(11)8-10-5-7-18-15-10/h5,7,9,11H,3-4,6,8H2,1-2H3/t11-/m0/s1. The molecule has 3 rings (SSSR count). The van der Waals surface area contributed by atoms with Gasteiger partial charge in [0.05, 0.1) is 11.7 Å². The molecule has 0 aliphatic carbocycles. The summed E-state index contributed by atoms with van der Waals surface area (Å²) in [4.78, 5) is 6.83. The van der Waals surface area contributed by atoms with Crippen LogP contribution in [0.25, 0.3) is 0 Å². The highest BCUT2D eigenvalue weighted by molar-refractivity contribution is 5.03. The van der Waals surface area contributed by atoms with Gasteiger partial charge >= 0.3 is 0 Å². The van der Waals surface area contributed by atoms with Gasteiger partial charge in [0.1, 0.15) is 6.26 Å². The number of hydrogen-bond donors (Lipinski definition) is 0. The Labute approximate surface area is 111 Å². The van der Waals surface area contributed by atoms with E-state index in [-0.39, 0.29) is 12.0 Å². The lowest BCUT2D eigenvalue weighted by molar-refractivity contribution is 0.227. The van der Waals surface area contributed by atoms with Crippen molar-refractivity contribution in [1.29, 1.82) is 0 Å². The lowest BCUT2D eigenvalue weighted by atomic mass is 10.2. The van der Waals surface area contributed by atoms with Gasteiger partial charge in [0.2, 0.25) is 5.89 Å². The van der Waals surface area contributed by atoms with Crippen molar-refractivity contribution in [3.05, 3.63) is 29.7 Å². The van der Waals surface area contributed by atoms with E-state index in [9.17, 15) is 0 Å². The minimum Gasteiger partial charge on any atom is -0.364 e. The normalized spacial score (nSPS) is 20.5. The average Bonchev–Trinajstić information content (AvgIpc) is 3.09.